The summed E-state index contributed by atoms with van der Waals surface area (Å²) in [5.74, 6) is 1.96. The van der Waals surface area contributed by atoms with Crippen molar-refractivity contribution in [2.45, 2.75) is 51.0 Å². The van der Waals surface area contributed by atoms with Crippen LogP contribution in [-0.2, 0) is 20.9 Å². The fourth-order valence-corrected chi connectivity index (χ4v) is 6.22. The van der Waals surface area contributed by atoms with E-state index in [1.165, 1.54) is 0 Å². The van der Waals surface area contributed by atoms with E-state index in [0.717, 1.165) is 57.3 Å². The molecule has 0 saturated heterocycles. The molecule has 5 rings (SSSR count). The Labute approximate surface area is 203 Å². The number of ketones is 2. The zero-order chi connectivity index (χ0) is 22.2. The van der Waals surface area contributed by atoms with Crippen molar-refractivity contribution >= 4 is 43.4 Å². The van der Waals surface area contributed by atoms with Gasteiger partial charge >= 0.3 is 0 Å². The van der Waals surface area contributed by atoms with Crippen LogP contribution in [0.3, 0.4) is 0 Å². The highest BCUT2D eigenvalue weighted by Crippen LogP contribution is 2.49. The second-order valence-electron chi connectivity index (χ2n) is 8.35. The Morgan fingerprint density at radius 3 is 1.97 bits per heavy atom. The Kier molecular flexibility index (Phi) is 6.08. The van der Waals surface area contributed by atoms with E-state index in [-0.39, 0.29) is 17.5 Å². The molecule has 3 aliphatic rings. The Balaban J connectivity index is 1.55. The summed E-state index contributed by atoms with van der Waals surface area (Å²) < 4.78 is 13.8. The molecule has 0 amide bonds. The number of allylic oxidation sites excluding steroid dienone is 4. The fraction of sp³-hybridized carbons (Fsp3) is 0.308. The molecule has 0 saturated carbocycles. The van der Waals surface area contributed by atoms with E-state index < -0.39 is 0 Å². The Bertz CT molecular complexity index is 1100. The molecule has 1 heterocycles. The molecule has 2 aliphatic carbocycles. The van der Waals surface area contributed by atoms with E-state index in [1.54, 1.807) is 0 Å². The fourth-order valence-electron chi connectivity index (χ4n) is 4.76. The molecule has 164 valence electrons. The zero-order valence-corrected chi connectivity index (χ0v) is 20.6. The van der Waals surface area contributed by atoms with E-state index >= 15 is 0 Å². The number of halogens is 2. The molecule has 0 radical (unpaired) electrons. The van der Waals surface area contributed by atoms with Crippen molar-refractivity contribution in [3.8, 4) is 5.75 Å². The van der Waals surface area contributed by atoms with Crippen molar-refractivity contribution in [3.05, 3.63) is 85.2 Å². The lowest BCUT2D eigenvalue weighted by atomic mass is 9.73. The van der Waals surface area contributed by atoms with Crippen molar-refractivity contribution < 1.29 is 19.1 Å². The molecule has 6 heteroatoms. The third-order valence-corrected chi connectivity index (χ3v) is 7.40. The summed E-state index contributed by atoms with van der Waals surface area (Å²) in [6.45, 7) is 0.441. The number of ether oxygens (including phenoxy) is 2. The zero-order valence-electron chi connectivity index (χ0n) is 17.5. The van der Waals surface area contributed by atoms with Gasteiger partial charge in [0.1, 0.15) is 23.9 Å². The third-order valence-electron chi connectivity index (χ3n) is 6.22. The number of rotatable bonds is 4. The van der Waals surface area contributed by atoms with Gasteiger partial charge in [-0.3, -0.25) is 9.59 Å². The predicted molar refractivity (Wildman–Crippen MR) is 128 cm³/mol. The smallest absolute Gasteiger partial charge is 0.163 e. The molecular formula is C26H22Br2O4. The van der Waals surface area contributed by atoms with Crippen molar-refractivity contribution in [1.82, 2.24) is 0 Å². The molecule has 2 aromatic carbocycles. The monoisotopic (exact) mass is 556 g/mol. The second-order valence-corrected chi connectivity index (χ2v) is 10.1. The summed E-state index contributed by atoms with van der Waals surface area (Å²) in [5.41, 5.74) is 3.28. The largest absolute Gasteiger partial charge is 0.487 e. The lowest BCUT2D eigenvalue weighted by molar-refractivity contribution is -0.117. The van der Waals surface area contributed by atoms with Gasteiger partial charge in [-0.2, -0.15) is 0 Å². The van der Waals surface area contributed by atoms with Crippen LogP contribution in [0.2, 0.25) is 0 Å². The van der Waals surface area contributed by atoms with Gasteiger partial charge in [0.25, 0.3) is 0 Å². The van der Waals surface area contributed by atoms with Crippen LogP contribution in [-0.4, -0.2) is 11.6 Å². The summed E-state index contributed by atoms with van der Waals surface area (Å²) >= 11 is 7.31. The maximum absolute atomic E-state index is 13.0. The van der Waals surface area contributed by atoms with Gasteiger partial charge in [0.15, 0.2) is 11.6 Å². The minimum Gasteiger partial charge on any atom is -0.487 e. The lowest BCUT2D eigenvalue weighted by Gasteiger charge is -2.36. The van der Waals surface area contributed by atoms with Crippen LogP contribution >= 0.6 is 31.9 Å². The SMILES string of the molecule is O=C1CCCC2=C1C(c1cc(Br)c(OCc3ccccc3)c(Br)c1)C1=C(CCCC1=O)O2. The molecule has 32 heavy (non-hydrogen) atoms. The lowest BCUT2D eigenvalue weighted by Crippen LogP contribution is -2.30. The van der Waals surface area contributed by atoms with E-state index in [9.17, 15) is 9.59 Å². The first-order valence-corrected chi connectivity index (χ1v) is 12.5. The van der Waals surface area contributed by atoms with Gasteiger partial charge in [0, 0.05) is 42.7 Å². The molecule has 0 atom stereocenters. The number of Topliss-reactive ketones (excluding diaryl/α,β-unsaturated/α-hetero) is 2. The van der Waals surface area contributed by atoms with Crippen molar-refractivity contribution in [2.75, 3.05) is 0 Å². The van der Waals surface area contributed by atoms with Gasteiger partial charge in [0.2, 0.25) is 0 Å². The van der Waals surface area contributed by atoms with Crippen molar-refractivity contribution in [3.63, 3.8) is 0 Å². The van der Waals surface area contributed by atoms with Gasteiger partial charge in [-0.1, -0.05) is 30.3 Å². The number of carbonyl (C=O) groups excluding carboxylic acids is 2. The standard InChI is InChI=1S/C26H22Br2O4/c27-17-12-16(13-18(28)26(17)31-14-15-6-2-1-3-7-15)23-24-19(29)8-4-10-21(24)32-22-11-5-9-20(30)25(22)23/h1-3,6-7,12-13,23H,4-5,8-11,14H2. The number of hydrogen-bond acceptors (Lipinski definition) is 4. The number of carbonyl (C=O) groups is 2. The Morgan fingerprint density at radius 2 is 1.41 bits per heavy atom. The first kappa shape index (κ1) is 21.7. The summed E-state index contributed by atoms with van der Waals surface area (Å²) in [6, 6.07) is 13.9. The van der Waals surface area contributed by atoms with Gasteiger partial charge in [-0.05, 0) is 68.0 Å². The van der Waals surface area contributed by atoms with Crippen LogP contribution in [0.4, 0.5) is 0 Å². The second kappa shape index (κ2) is 8.99. The maximum atomic E-state index is 13.0. The number of benzene rings is 2. The molecule has 1 aliphatic heterocycles. The van der Waals surface area contributed by atoms with E-state index in [0.29, 0.717) is 36.3 Å². The summed E-state index contributed by atoms with van der Waals surface area (Å²) in [7, 11) is 0. The molecule has 0 aromatic heterocycles. The van der Waals surface area contributed by atoms with Crippen LogP contribution in [0.1, 0.15) is 55.6 Å². The Hall–Kier alpha value is -2.18. The average molecular weight is 558 g/mol. The minimum atomic E-state index is -0.384. The van der Waals surface area contributed by atoms with Gasteiger partial charge in [0.05, 0.1) is 8.95 Å². The topological polar surface area (TPSA) is 52.6 Å². The van der Waals surface area contributed by atoms with Gasteiger partial charge in [-0.15, -0.1) is 0 Å². The molecule has 4 nitrogen and oxygen atoms in total. The predicted octanol–water partition coefficient (Wildman–Crippen LogP) is 6.92. The molecule has 2 aromatic rings. The molecule has 0 spiro atoms. The molecule has 0 unspecified atom stereocenters. The van der Waals surface area contributed by atoms with Crippen molar-refractivity contribution in [2.24, 2.45) is 0 Å². The van der Waals surface area contributed by atoms with E-state index in [1.807, 2.05) is 42.5 Å². The Morgan fingerprint density at radius 1 is 0.844 bits per heavy atom. The van der Waals surface area contributed by atoms with Crippen molar-refractivity contribution in [1.29, 1.82) is 0 Å². The van der Waals surface area contributed by atoms with Crippen LogP contribution in [0.25, 0.3) is 0 Å². The average Bonchev–Trinajstić information content (AvgIpc) is 2.78. The first-order chi connectivity index (χ1) is 15.5. The van der Waals surface area contributed by atoms with E-state index in [2.05, 4.69) is 31.9 Å². The highest BCUT2D eigenvalue weighted by Gasteiger charge is 2.42. The normalized spacial score (nSPS) is 18.9. The van der Waals surface area contributed by atoms with Crippen LogP contribution in [0.5, 0.6) is 5.75 Å². The third kappa shape index (κ3) is 3.99. The van der Waals surface area contributed by atoms with Gasteiger partial charge in [-0.25, -0.2) is 0 Å². The van der Waals surface area contributed by atoms with E-state index in [4.69, 9.17) is 9.47 Å². The molecule has 0 bridgehead atoms. The van der Waals surface area contributed by atoms with Crippen LogP contribution < -0.4 is 4.74 Å². The number of hydrogen-bond donors (Lipinski definition) is 0. The minimum absolute atomic E-state index is 0.0813. The van der Waals surface area contributed by atoms with Crippen LogP contribution in [0.15, 0.2) is 74.1 Å². The summed E-state index contributed by atoms with van der Waals surface area (Å²) in [5, 5.41) is 0. The molecule has 0 fully saturated rings. The molecular weight excluding hydrogens is 536 g/mol. The quantitative estimate of drug-likeness (QED) is 0.409. The summed E-state index contributed by atoms with van der Waals surface area (Å²) in [6.07, 6.45) is 4.06. The molecule has 0 N–H and O–H groups in total. The highest BCUT2D eigenvalue weighted by molar-refractivity contribution is 9.11. The summed E-state index contributed by atoms with van der Waals surface area (Å²) in [4.78, 5) is 25.9. The first-order valence-electron chi connectivity index (χ1n) is 10.9. The maximum Gasteiger partial charge on any atom is 0.163 e. The van der Waals surface area contributed by atoms with Crippen LogP contribution in [0, 0.1) is 0 Å². The van der Waals surface area contributed by atoms with Gasteiger partial charge < -0.3 is 9.47 Å². The highest BCUT2D eigenvalue weighted by atomic mass is 79.9.